The first kappa shape index (κ1) is 15.9. The van der Waals surface area contributed by atoms with E-state index < -0.39 is 11.7 Å². The quantitative estimate of drug-likeness (QED) is 0.715. The molecule has 1 nitrogen and oxygen atoms in total. The Kier molecular flexibility index (Phi) is 4.61. The van der Waals surface area contributed by atoms with E-state index in [1.54, 1.807) is 6.07 Å². The van der Waals surface area contributed by atoms with E-state index in [0.29, 0.717) is 5.56 Å². The van der Waals surface area contributed by atoms with E-state index in [9.17, 15) is 13.2 Å². The van der Waals surface area contributed by atoms with Crippen LogP contribution in [0.3, 0.4) is 0 Å². The van der Waals surface area contributed by atoms with Gasteiger partial charge in [0, 0.05) is 16.2 Å². The predicted molar refractivity (Wildman–Crippen MR) is 82.4 cm³/mol. The van der Waals surface area contributed by atoms with Gasteiger partial charge in [0.25, 0.3) is 0 Å². The lowest BCUT2D eigenvalue weighted by Crippen LogP contribution is -2.10. The number of nitrogens with one attached hydrogen (secondary N) is 1. The van der Waals surface area contributed by atoms with Crippen LogP contribution in [0.1, 0.15) is 29.7 Å². The molecule has 21 heavy (non-hydrogen) atoms. The highest BCUT2D eigenvalue weighted by Gasteiger charge is 2.30. The zero-order chi connectivity index (χ0) is 15.6. The van der Waals surface area contributed by atoms with Gasteiger partial charge < -0.3 is 5.32 Å². The van der Waals surface area contributed by atoms with Crippen LogP contribution in [0, 0.1) is 6.92 Å². The van der Waals surface area contributed by atoms with Crippen LogP contribution in [-0.2, 0) is 6.18 Å². The van der Waals surface area contributed by atoms with Gasteiger partial charge in [-0.25, -0.2) is 0 Å². The third-order valence-corrected chi connectivity index (χ3v) is 3.90. The number of rotatable bonds is 3. The first-order chi connectivity index (χ1) is 9.77. The molecule has 2 aromatic carbocycles. The molecule has 1 unspecified atom stereocenters. The summed E-state index contributed by atoms with van der Waals surface area (Å²) in [6.07, 6.45) is -4.32. The van der Waals surface area contributed by atoms with Crippen LogP contribution < -0.4 is 5.32 Å². The second-order valence-electron chi connectivity index (χ2n) is 4.97. The Morgan fingerprint density at radius 1 is 1.10 bits per heavy atom. The van der Waals surface area contributed by atoms with E-state index in [-0.39, 0.29) is 6.04 Å². The van der Waals surface area contributed by atoms with Gasteiger partial charge in [0.2, 0.25) is 0 Å². The summed E-state index contributed by atoms with van der Waals surface area (Å²) in [4.78, 5) is 0. The lowest BCUT2D eigenvalue weighted by atomic mass is 10.0. The number of halogens is 4. The number of hydrogen-bond acceptors (Lipinski definition) is 1. The molecule has 0 amide bonds. The average Bonchev–Trinajstić information content (AvgIpc) is 2.42. The van der Waals surface area contributed by atoms with E-state index in [4.69, 9.17) is 0 Å². The van der Waals surface area contributed by atoms with Crippen LogP contribution in [0.5, 0.6) is 0 Å². The first-order valence-electron chi connectivity index (χ1n) is 6.47. The Labute approximate surface area is 130 Å². The van der Waals surface area contributed by atoms with E-state index in [1.807, 2.05) is 32.0 Å². The molecule has 0 heterocycles. The number of benzene rings is 2. The van der Waals surface area contributed by atoms with Crippen molar-refractivity contribution in [3.05, 3.63) is 63.6 Å². The van der Waals surface area contributed by atoms with Crippen molar-refractivity contribution in [1.82, 2.24) is 0 Å². The molecule has 0 bridgehead atoms. The van der Waals surface area contributed by atoms with Gasteiger partial charge in [-0.15, -0.1) is 0 Å². The molecule has 2 rings (SSSR count). The van der Waals surface area contributed by atoms with Crippen molar-refractivity contribution in [2.24, 2.45) is 0 Å². The largest absolute Gasteiger partial charge is 0.416 e. The maximum Gasteiger partial charge on any atom is 0.416 e. The van der Waals surface area contributed by atoms with Crippen LogP contribution in [0.15, 0.2) is 46.9 Å². The van der Waals surface area contributed by atoms with E-state index in [2.05, 4.69) is 21.2 Å². The number of alkyl halides is 3. The van der Waals surface area contributed by atoms with Crippen LogP contribution >= 0.6 is 15.9 Å². The summed E-state index contributed by atoms with van der Waals surface area (Å²) < 4.78 is 39.1. The van der Waals surface area contributed by atoms with Crippen molar-refractivity contribution < 1.29 is 13.2 Å². The molecule has 2 aromatic rings. The van der Waals surface area contributed by atoms with Gasteiger partial charge in [-0.2, -0.15) is 13.2 Å². The summed E-state index contributed by atoms with van der Waals surface area (Å²) in [5, 5.41) is 3.23. The Bertz CT molecular complexity index is 638. The van der Waals surface area contributed by atoms with E-state index in [1.165, 1.54) is 12.1 Å². The smallest absolute Gasteiger partial charge is 0.378 e. The number of hydrogen-bond donors (Lipinski definition) is 1. The van der Waals surface area contributed by atoms with Crippen LogP contribution in [0.4, 0.5) is 18.9 Å². The van der Waals surface area contributed by atoms with Crippen molar-refractivity contribution in [3.63, 3.8) is 0 Å². The highest BCUT2D eigenvalue weighted by molar-refractivity contribution is 9.10. The third kappa shape index (κ3) is 4.00. The summed E-state index contributed by atoms with van der Waals surface area (Å²) in [6.45, 7) is 3.80. The molecule has 1 N–H and O–H groups in total. The molecular weight excluding hydrogens is 343 g/mol. The van der Waals surface area contributed by atoms with Crippen LogP contribution in [0.25, 0.3) is 0 Å². The van der Waals surface area contributed by atoms with Gasteiger partial charge in [0.05, 0.1) is 5.56 Å². The molecule has 1 atom stereocenters. The number of anilines is 1. The van der Waals surface area contributed by atoms with Gasteiger partial charge in [-0.1, -0.05) is 18.2 Å². The standard InChI is InChI=1S/C16H15BrF3N/c1-10-6-7-14(17)15(8-10)21-11(2)12-4-3-5-13(9-12)16(18,19)20/h3-9,11,21H,1-2H3. The summed E-state index contributed by atoms with van der Waals surface area (Å²) in [5.41, 5.74) is 1.91. The second-order valence-corrected chi connectivity index (χ2v) is 5.83. The number of aryl methyl sites for hydroxylation is 1. The summed E-state index contributed by atoms with van der Waals surface area (Å²) in [6, 6.07) is 11.0. The Balaban J connectivity index is 2.24. The minimum atomic E-state index is -4.32. The first-order valence-corrected chi connectivity index (χ1v) is 7.26. The monoisotopic (exact) mass is 357 g/mol. The van der Waals surface area contributed by atoms with Crippen molar-refractivity contribution in [1.29, 1.82) is 0 Å². The van der Waals surface area contributed by atoms with Gasteiger partial charge >= 0.3 is 6.18 Å². The summed E-state index contributed by atoms with van der Waals surface area (Å²) in [5.74, 6) is 0. The summed E-state index contributed by atoms with van der Waals surface area (Å²) in [7, 11) is 0. The summed E-state index contributed by atoms with van der Waals surface area (Å²) >= 11 is 3.44. The zero-order valence-corrected chi connectivity index (χ0v) is 13.2. The Morgan fingerprint density at radius 3 is 2.48 bits per heavy atom. The maximum absolute atomic E-state index is 12.7. The van der Waals surface area contributed by atoms with Crippen LogP contribution in [-0.4, -0.2) is 0 Å². The van der Waals surface area contributed by atoms with Gasteiger partial charge in [0.1, 0.15) is 0 Å². The second kappa shape index (κ2) is 6.10. The predicted octanol–water partition coefficient (Wildman–Crippen LogP) is 5.95. The molecule has 0 fully saturated rings. The highest BCUT2D eigenvalue weighted by atomic mass is 79.9. The van der Waals surface area contributed by atoms with E-state index in [0.717, 1.165) is 21.8 Å². The van der Waals surface area contributed by atoms with Crippen LogP contribution in [0.2, 0.25) is 0 Å². The molecule has 0 spiro atoms. The van der Waals surface area contributed by atoms with Gasteiger partial charge in [-0.05, 0) is 65.2 Å². The molecule has 0 aliphatic heterocycles. The molecule has 5 heteroatoms. The maximum atomic E-state index is 12.7. The van der Waals surface area contributed by atoms with Gasteiger partial charge in [0.15, 0.2) is 0 Å². The molecule has 0 saturated heterocycles. The zero-order valence-electron chi connectivity index (χ0n) is 11.6. The van der Waals surface area contributed by atoms with Gasteiger partial charge in [-0.3, -0.25) is 0 Å². The molecule has 0 aliphatic rings. The minimum absolute atomic E-state index is 0.231. The normalized spacial score (nSPS) is 13.0. The average molecular weight is 358 g/mol. The van der Waals surface area contributed by atoms with Crippen molar-refractivity contribution >= 4 is 21.6 Å². The third-order valence-electron chi connectivity index (χ3n) is 3.21. The van der Waals surface area contributed by atoms with Crippen molar-refractivity contribution in [2.45, 2.75) is 26.1 Å². The topological polar surface area (TPSA) is 12.0 Å². The minimum Gasteiger partial charge on any atom is -0.378 e. The van der Waals surface area contributed by atoms with E-state index >= 15 is 0 Å². The molecule has 112 valence electrons. The fourth-order valence-electron chi connectivity index (χ4n) is 2.05. The highest BCUT2D eigenvalue weighted by Crippen LogP contribution is 2.32. The molecule has 0 radical (unpaired) electrons. The fraction of sp³-hybridized carbons (Fsp3) is 0.250. The van der Waals surface area contributed by atoms with Crippen molar-refractivity contribution in [3.8, 4) is 0 Å². The molecule has 0 saturated carbocycles. The molecule has 0 aromatic heterocycles. The molecule has 0 aliphatic carbocycles. The fourth-order valence-corrected chi connectivity index (χ4v) is 2.41. The lowest BCUT2D eigenvalue weighted by Gasteiger charge is -2.18. The molecular formula is C16H15BrF3N. The Hall–Kier alpha value is -1.49. The Morgan fingerprint density at radius 2 is 1.81 bits per heavy atom. The SMILES string of the molecule is Cc1ccc(Br)c(NC(C)c2cccc(C(F)(F)F)c2)c1. The lowest BCUT2D eigenvalue weighted by molar-refractivity contribution is -0.137. The van der Waals surface area contributed by atoms with Crippen molar-refractivity contribution in [2.75, 3.05) is 5.32 Å².